The van der Waals surface area contributed by atoms with Crippen molar-refractivity contribution in [3.63, 3.8) is 0 Å². The molecule has 4 aliphatic rings. The van der Waals surface area contributed by atoms with Gasteiger partial charge in [0.25, 0.3) is 0 Å². The third-order valence-electron chi connectivity index (χ3n) is 10.5. The molecule has 0 atom stereocenters. The second-order valence-corrected chi connectivity index (χ2v) is 15.4. The summed E-state index contributed by atoms with van der Waals surface area (Å²) in [6.07, 6.45) is 9.81. The Morgan fingerprint density at radius 2 is 1.40 bits per heavy atom. The lowest BCUT2D eigenvalue weighted by Gasteiger charge is -2.57. The molecular formula is C39H50N2O. The van der Waals surface area contributed by atoms with Crippen LogP contribution >= 0.6 is 0 Å². The number of phenolic OH excluding ortho intramolecular Hbond substituents is 1. The van der Waals surface area contributed by atoms with E-state index in [-0.39, 0.29) is 10.8 Å². The van der Waals surface area contributed by atoms with Gasteiger partial charge >= 0.3 is 0 Å². The van der Waals surface area contributed by atoms with Crippen LogP contribution in [0.2, 0.25) is 0 Å². The molecule has 4 fully saturated rings. The maximum Gasteiger partial charge on any atom is 0.144 e. The number of nitrogens with zero attached hydrogens (tertiary/aromatic N) is 1. The van der Waals surface area contributed by atoms with Crippen molar-refractivity contribution in [2.75, 3.05) is 5.32 Å². The van der Waals surface area contributed by atoms with Gasteiger partial charge in [0.2, 0.25) is 0 Å². The molecule has 0 heterocycles. The van der Waals surface area contributed by atoms with Gasteiger partial charge in [-0.05, 0) is 108 Å². The van der Waals surface area contributed by atoms with E-state index in [0.29, 0.717) is 23.3 Å². The summed E-state index contributed by atoms with van der Waals surface area (Å²) in [5.74, 6) is 3.69. The molecule has 0 aliphatic heterocycles. The number of benzene rings is 3. The normalized spacial score (nSPS) is 25.2. The second-order valence-electron chi connectivity index (χ2n) is 15.4. The first kappa shape index (κ1) is 29.0. The topological polar surface area (TPSA) is 44.6 Å². The second kappa shape index (κ2) is 10.9. The summed E-state index contributed by atoms with van der Waals surface area (Å²) in [4.78, 5) is 5.04. The largest absolute Gasteiger partial charge is 0.505 e. The molecule has 0 spiro atoms. The van der Waals surface area contributed by atoms with Crippen LogP contribution in [-0.2, 0) is 10.8 Å². The van der Waals surface area contributed by atoms with E-state index >= 15 is 0 Å². The highest BCUT2D eigenvalue weighted by Gasteiger charge is 2.52. The number of rotatable bonds is 7. The van der Waals surface area contributed by atoms with E-state index in [4.69, 9.17) is 4.99 Å². The summed E-state index contributed by atoms with van der Waals surface area (Å²) in [5.41, 5.74) is 9.11. The zero-order valence-corrected chi connectivity index (χ0v) is 26.8. The van der Waals surface area contributed by atoms with Crippen molar-refractivity contribution < 1.29 is 5.11 Å². The molecule has 222 valence electrons. The van der Waals surface area contributed by atoms with Crippen molar-refractivity contribution in [1.29, 1.82) is 0 Å². The van der Waals surface area contributed by atoms with Crippen LogP contribution in [0.15, 0.2) is 59.6 Å². The molecule has 4 saturated carbocycles. The Hall–Kier alpha value is -3.07. The van der Waals surface area contributed by atoms with Crippen LogP contribution < -0.4 is 5.32 Å². The smallest absolute Gasteiger partial charge is 0.144 e. The number of aliphatic imine (C=N–C) groups is 1. The summed E-state index contributed by atoms with van der Waals surface area (Å²) in [6, 6.07) is 19.5. The Kier molecular flexibility index (Phi) is 7.52. The standard InChI is InChI=1S/C39H50N2O/c1-24(2)31-12-10-13-32(25(3)4)36(31)41-34-14-9-8-11-29(34)23-40-35-19-30(38(5,6)7)18-33(37(35)42)39-20-26-15-27(21-39)17-28(16-26)22-39/h8-14,18-19,23-28,41-42H,15-17,20-22H2,1-7H3. The third-order valence-corrected chi connectivity index (χ3v) is 10.5. The molecule has 0 saturated heterocycles. The third kappa shape index (κ3) is 5.40. The van der Waals surface area contributed by atoms with Crippen LogP contribution in [0, 0.1) is 17.8 Å². The van der Waals surface area contributed by atoms with Gasteiger partial charge < -0.3 is 10.4 Å². The van der Waals surface area contributed by atoms with Gasteiger partial charge in [0.05, 0.1) is 0 Å². The van der Waals surface area contributed by atoms with Crippen molar-refractivity contribution in [3.8, 4) is 5.75 Å². The summed E-state index contributed by atoms with van der Waals surface area (Å²) in [5, 5.41) is 15.7. The van der Waals surface area contributed by atoms with Crippen LogP contribution in [0.25, 0.3) is 0 Å². The lowest BCUT2D eigenvalue weighted by Crippen LogP contribution is -2.48. The number of phenols is 1. The molecule has 3 aromatic rings. The van der Waals surface area contributed by atoms with Gasteiger partial charge in [-0.15, -0.1) is 0 Å². The number of nitrogens with one attached hydrogen (secondary N) is 1. The first-order chi connectivity index (χ1) is 19.9. The van der Waals surface area contributed by atoms with Crippen LogP contribution in [0.5, 0.6) is 5.75 Å². The quantitative estimate of drug-likeness (QED) is 0.281. The lowest BCUT2D eigenvalue weighted by molar-refractivity contribution is -0.00615. The molecule has 4 bridgehead atoms. The Morgan fingerprint density at radius 1 is 0.833 bits per heavy atom. The fourth-order valence-electron chi connectivity index (χ4n) is 8.69. The van der Waals surface area contributed by atoms with E-state index in [1.807, 2.05) is 6.21 Å². The highest BCUT2D eigenvalue weighted by atomic mass is 16.3. The predicted molar refractivity (Wildman–Crippen MR) is 178 cm³/mol. The average Bonchev–Trinajstić information content (AvgIpc) is 2.91. The molecule has 4 aliphatic carbocycles. The molecule has 0 aromatic heterocycles. The maximum absolute atomic E-state index is 11.9. The monoisotopic (exact) mass is 562 g/mol. The van der Waals surface area contributed by atoms with Crippen LogP contribution in [0.3, 0.4) is 0 Å². The van der Waals surface area contributed by atoms with Gasteiger partial charge in [-0.25, -0.2) is 0 Å². The molecule has 3 aromatic carbocycles. The fraction of sp³-hybridized carbons (Fsp3) is 0.513. The first-order valence-corrected chi connectivity index (χ1v) is 16.3. The Bertz CT molecular complexity index is 1430. The van der Waals surface area contributed by atoms with E-state index in [0.717, 1.165) is 29.0 Å². The van der Waals surface area contributed by atoms with Crippen LogP contribution in [0.4, 0.5) is 17.1 Å². The Morgan fingerprint density at radius 3 is 1.95 bits per heavy atom. The van der Waals surface area contributed by atoms with Gasteiger partial charge in [0.15, 0.2) is 0 Å². The van der Waals surface area contributed by atoms with Crippen molar-refractivity contribution in [2.24, 2.45) is 22.7 Å². The summed E-state index contributed by atoms with van der Waals surface area (Å²) >= 11 is 0. The van der Waals surface area contributed by atoms with Gasteiger partial charge in [-0.2, -0.15) is 0 Å². The van der Waals surface area contributed by atoms with Crippen molar-refractivity contribution in [1.82, 2.24) is 0 Å². The molecule has 0 amide bonds. The molecular weight excluding hydrogens is 512 g/mol. The SMILES string of the molecule is CC(C)c1cccc(C(C)C)c1Nc1ccccc1C=Nc1cc(C(C)(C)C)cc(C23CC4CC(CC(C4)C2)C3)c1O. The van der Waals surface area contributed by atoms with Crippen molar-refractivity contribution in [3.05, 3.63) is 82.4 Å². The Balaban J connectivity index is 1.40. The molecule has 2 N–H and O–H groups in total. The maximum atomic E-state index is 11.9. The van der Waals surface area contributed by atoms with Crippen LogP contribution in [-0.4, -0.2) is 11.3 Å². The van der Waals surface area contributed by atoms with E-state index in [1.165, 1.54) is 66.5 Å². The van der Waals surface area contributed by atoms with E-state index in [1.54, 1.807) is 0 Å². The van der Waals surface area contributed by atoms with Crippen molar-refractivity contribution in [2.45, 2.75) is 110 Å². The first-order valence-electron chi connectivity index (χ1n) is 16.3. The Labute approximate surface area is 253 Å². The highest BCUT2D eigenvalue weighted by Crippen LogP contribution is 2.62. The summed E-state index contributed by atoms with van der Waals surface area (Å²) in [7, 11) is 0. The van der Waals surface area contributed by atoms with Gasteiger partial charge in [-0.1, -0.05) is 90.9 Å². The van der Waals surface area contributed by atoms with Gasteiger partial charge in [-0.3, -0.25) is 4.99 Å². The molecule has 0 unspecified atom stereocenters. The van der Waals surface area contributed by atoms with E-state index in [2.05, 4.69) is 108 Å². The fourth-order valence-corrected chi connectivity index (χ4v) is 8.69. The van der Waals surface area contributed by atoms with Crippen molar-refractivity contribution >= 4 is 23.3 Å². The zero-order chi connectivity index (χ0) is 29.8. The highest BCUT2D eigenvalue weighted by molar-refractivity contribution is 5.91. The van der Waals surface area contributed by atoms with E-state index in [9.17, 15) is 5.11 Å². The van der Waals surface area contributed by atoms with Crippen LogP contribution in [0.1, 0.15) is 127 Å². The predicted octanol–water partition coefficient (Wildman–Crippen LogP) is 10.9. The molecule has 3 nitrogen and oxygen atoms in total. The summed E-state index contributed by atoms with van der Waals surface area (Å²) in [6.45, 7) is 15.8. The average molecular weight is 563 g/mol. The number of para-hydroxylation sites is 2. The minimum Gasteiger partial charge on any atom is -0.505 e. The van der Waals surface area contributed by atoms with Gasteiger partial charge in [0.1, 0.15) is 11.4 Å². The number of aromatic hydroxyl groups is 1. The molecule has 42 heavy (non-hydrogen) atoms. The molecule has 7 rings (SSSR count). The minimum atomic E-state index is -0.0255. The minimum absolute atomic E-state index is 0.0255. The zero-order valence-electron chi connectivity index (χ0n) is 26.8. The lowest BCUT2D eigenvalue weighted by atomic mass is 9.48. The van der Waals surface area contributed by atoms with Gasteiger partial charge in [0, 0.05) is 28.7 Å². The summed E-state index contributed by atoms with van der Waals surface area (Å²) < 4.78 is 0. The molecule has 3 heteroatoms. The number of hydrogen-bond acceptors (Lipinski definition) is 3. The van der Waals surface area contributed by atoms with E-state index < -0.39 is 0 Å². The number of hydrogen-bond donors (Lipinski definition) is 2. The number of anilines is 2. The molecule has 0 radical (unpaired) electrons.